The molecule has 2 amide bonds. The fourth-order valence-electron chi connectivity index (χ4n) is 5.50. The first kappa shape index (κ1) is 34.4. The normalized spacial score (nSPS) is 12.4. The van der Waals surface area contributed by atoms with Crippen LogP contribution in [0.5, 0.6) is 5.75 Å². The van der Waals surface area contributed by atoms with Crippen molar-refractivity contribution in [2.75, 3.05) is 26.8 Å². The van der Waals surface area contributed by atoms with Gasteiger partial charge in [0, 0.05) is 56.6 Å². The number of Topliss-reactive ketones (excluding diaryl/α,β-unsaturated/α-hetero) is 1. The van der Waals surface area contributed by atoms with Gasteiger partial charge in [-0.05, 0) is 37.1 Å². The molecule has 16 nitrogen and oxygen atoms in total. The molecule has 1 aromatic carbocycles. The van der Waals surface area contributed by atoms with Gasteiger partial charge in [0.25, 0.3) is 11.5 Å². The van der Waals surface area contributed by atoms with E-state index in [2.05, 4.69) is 20.6 Å². The maximum absolute atomic E-state index is 13.0. The summed E-state index contributed by atoms with van der Waals surface area (Å²) in [5.41, 5.74) is 1.12. The second-order valence-corrected chi connectivity index (χ2v) is 11.2. The third-order valence-corrected chi connectivity index (χ3v) is 7.76. The summed E-state index contributed by atoms with van der Waals surface area (Å²) in [5, 5.41) is 5.13. The van der Waals surface area contributed by atoms with E-state index in [1.165, 1.54) is 20.8 Å². The van der Waals surface area contributed by atoms with Crippen molar-refractivity contribution in [3.8, 4) is 17.1 Å². The Hall–Kier alpha value is -5.93. The Morgan fingerprint density at radius 2 is 1.65 bits per heavy atom. The molecule has 4 aromatic rings. The first-order valence-electron chi connectivity index (χ1n) is 15.7. The number of imidazole rings is 1. The van der Waals surface area contributed by atoms with Gasteiger partial charge in [0.1, 0.15) is 29.4 Å². The molecule has 1 aliphatic carbocycles. The Bertz CT molecular complexity index is 2070. The van der Waals surface area contributed by atoms with E-state index in [0.29, 0.717) is 54.3 Å². The Kier molecular flexibility index (Phi) is 10.4. The molecule has 0 radical (unpaired) electrons. The zero-order valence-electron chi connectivity index (χ0n) is 27.6. The number of amides is 2. The van der Waals surface area contributed by atoms with Crippen LogP contribution in [0.4, 0.5) is 4.79 Å². The molecule has 3 aromatic heterocycles. The average Bonchev–Trinajstić information content (AvgIpc) is 3.69. The molecule has 3 heterocycles. The van der Waals surface area contributed by atoms with Gasteiger partial charge in [-0.2, -0.15) is 0 Å². The molecule has 0 saturated carbocycles. The van der Waals surface area contributed by atoms with Crippen LogP contribution in [0.1, 0.15) is 53.1 Å². The van der Waals surface area contributed by atoms with Crippen LogP contribution >= 0.6 is 0 Å². The molecule has 1 aliphatic rings. The van der Waals surface area contributed by atoms with Crippen molar-refractivity contribution in [1.82, 2.24) is 34.3 Å². The van der Waals surface area contributed by atoms with E-state index in [0.717, 1.165) is 6.08 Å². The summed E-state index contributed by atoms with van der Waals surface area (Å²) in [6.07, 6.45) is 3.24. The predicted molar refractivity (Wildman–Crippen MR) is 176 cm³/mol. The lowest BCUT2D eigenvalue weighted by Crippen LogP contribution is -2.40. The first-order valence-corrected chi connectivity index (χ1v) is 15.7. The van der Waals surface area contributed by atoms with Gasteiger partial charge in [-0.3, -0.25) is 28.3 Å². The second kappa shape index (κ2) is 14.9. The van der Waals surface area contributed by atoms with E-state index >= 15 is 0 Å². The minimum atomic E-state index is -0.773. The number of rotatable bonds is 14. The van der Waals surface area contributed by atoms with Crippen molar-refractivity contribution in [1.29, 1.82) is 0 Å². The quantitative estimate of drug-likeness (QED) is 0.166. The molecule has 0 fully saturated rings. The summed E-state index contributed by atoms with van der Waals surface area (Å²) in [4.78, 5) is 83.1. The smallest absolute Gasteiger partial charge is 0.407 e. The number of alkyl carbamates (subject to hydrolysis) is 1. The van der Waals surface area contributed by atoms with Crippen LogP contribution in [0.2, 0.25) is 0 Å². The molecule has 0 aliphatic heterocycles. The standard InChI is InChI=1S/C33H37N7O9/c1-5-13-39-30-26(31(44)40(14-6-2)33(39)46)36-29(37-30)19-7-9-21(10-8-19)48-18-24(42)34-11-12-35-32(45)49-17-20-16-38(3)27-22(41)15-23(47-4)28(43)25(20)27/h7-10,15-16H,5-6,11-14,17-18H2,1-4H3,(H,34,42)(H,35,45)(H,36,37). The van der Waals surface area contributed by atoms with Crippen LogP contribution in [0.15, 0.2) is 51.9 Å². The van der Waals surface area contributed by atoms with Crippen LogP contribution in [0.25, 0.3) is 22.6 Å². The highest BCUT2D eigenvalue weighted by Gasteiger charge is 2.32. The zero-order chi connectivity index (χ0) is 35.2. The number of nitrogens with one attached hydrogen (secondary N) is 3. The SMILES string of the molecule is CCCn1c(=O)c2[nH]c(-c3ccc(OCC(=O)NCCNC(=O)OCc4cn(C)c5c4C(=O)C(OC)=CC5=O)cc3)nc2n(CCC)c1=O. The number of carbonyl (C=O) groups excluding carboxylic acids is 4. The number of benzene rings is 1. The number of hydrogen-bond donors (Lipinski definition) is 3. The number of ether oxygens (including phenoxy) is 3. The number of H-pyrrole nitrogens is 1. The van der Waals surface area contributed by atoms with Crippen LogP contribution < -0.4 is 26.6 Å². The van der Waals surface area contributed by atoms with Crippen molar-refractivity contribution in [3.63, 3.8) is 0 Å². The monoisotopic (exact) mass is 675 g/mol. The highest BCUT2D eigenvalue weighted by molar-refractivity contribution is 6.23. The molecule has 0 spiro atoms. The molecule has 258 valence electrons. The van der Waals surface area contributed by atoms with Crippen molar-refractivity contribution in [3.05, 3.63) is 80.0 Å². The third kappa shape index (κ3) is 7.17. The predicted octanol–water partition coefficient (Wildman–Crippen LogP) is 2.04. The van der Waals surface area contributed by atoms with E-state index in [-0.39, 0.29) is 60.3 Å². The Balaban J connectivity index is 1.08. The number of carbonyl (C=O) groups is 4. The topological polar surface area (TPSA) is 198 Å². The largest absolute Gasteiger partial charge is 0.492 e. The van der Waals surface area contributed by atoms with Crippen LogP contribution in [-0.2, 0) is 41.0 Å². The summed E-state index contributed by atoms with van der Waals surface area (Å²) in [6, 6.07) is 6.75. The highest BCUT2D eigenvalue weighted by atomic mass is 16.5. The van der Waals surface area contributed by atoms with E-state index in [9.17, 15) is 28.8 Å². The fraction of sp³-hybridized carbons (Fsp3) is 0.364. The number of aromatic nitrogens is 5. The van der Waals surface area contributed by atoms with Crippen molar-refractivity contribution < 1.29 is 33.4 Å². The number of allylic oxidation sites excluding steroid dienone is 2. The Morgan fingerprint density at radius 1 is 0.959 bits per heavy atom. The number of ketones is 2. The lowest BCUT2D eigenvalue weighted by atomic mass is 9.97. The van der Waals surface area contributed by atoms with Gasteiger partial charge in [-0.1, -0.05) is 13.8 Å². The number of aromatic amines is 1. The number of fused-ring (bicyclic) bond motifs is 2. The number of nitrogens with zero attached hydrogens (tertiary/aromatic N) is 4. The minimum absolute atomic E-state index is 0.0628. The summed E-state index contributed by atoms with van der Waals surface area (Å²) in [7, 11) is 2.91. The van der Waals surface area contributed by atoms with Crippen molar-refractivity contribution in [2.24, 2.45) is 7.05 Å². The molecular formula is C33H37N7O9. The molecule has 0 saturated heterocycles. The zero-order valence-corrected chi connectivity index (χ0v) is 27.6. The maximum Gasteiger partial charge on any atom is 0.407 e. The van der Waals surface area contributed by atoms with Gasteiger partial charge >= 0.3 is 11.8 Å². The number of methoxy groups -OCH3 is 1. The van der Waals surface area contributed by atoms with Gasteiger partial charge < -0.3 is 34.4 Å². The molecule has 5 rings (SSSR count). The lowest BCUT2D eigenvalue weighted by Gasteiger charge is -2.13. The minimum Gasteiger partial charge on any atom is -0.492 e. The van der Waals surface area contributed by atoms with Gasteiger partial charge in [0.05, 0.1) is 12.7 Å². The Morgan fingerprint density at radius 3 is 2.35 bits per heavy atom. The molecule has 0 atom stereocenters. The highest BCUT2D eigenvalue weighted by Crippen LogP contribution is 2.27. The molecule has 49 heavy (non-hydrogen) atoms. The van der Waals surface area contributed by atoms with E-state index in [1.54, 1.807) is 37.5 Å². The maximum atomic E-state index is 13.0. The van der Waals surface area contributed by atoms with Gasteiger partial charge in [-0.15, -0.1) is 0 Å². The van der Waals surface area contributed by atoms with E-state index < -0.39 is 23.3 Å². The number of hydrogen-bond acceptors (Lipinski definition) is 10. The molecule has 16 heteroatoms. The van der Waals surface area contributed by atoms with E-state index in [1.807, 2.05) is 13.8 Å². The van der Waals surface area contributed by atoms with Crippen LogP contribution in [0, 0.1) is 0 Å². The van der Waals surface area contributed by atoms with Gasteiger partial charge in [0.2, 0.25) is 11.6 Å². The molecular weight excluding hydrogens is 638 g/mol. The number of aryl methyl sites for hydroxylation is 2. The lowest BCUT2D eigenvalue weighted by molar-refractivity contribution is -0.123. The van der Waals surface area contributed by atoms with Crippen LogP contribution in [0.3, 0.4) is 0 Å². The van der Waals surface area contributed by atoms with Gasteiger partial charge in [0.15, 0.2) is 18.0 Å². The second-order valence-electron chi connectivity index (χ2n) is 11.2. The van der Waals surface area contributed by atoms with Crippen LogP contribution in [-0.4, -0.2) is 74.0 Å². The summed E-state index contributed by atoms with van der Waals surface area (Å²) in [6.45, 7) is 4.21. The average molecular weight is 676 g/mol. The van der Waals surface area contributed by atoms with Gasteiger partial charge in [-0.25, -0.2) is 14.6 Å². The fourth-order valence-corrected chi connectivity index (χ4v) is 5.50. The van der Waals surface area contributed by atoms with Crippen molar-refractivity contribution >= 4 is 34.7 Å². The summed E-state index contributed by atoms with van der Waals surface area (Å²) in [5.74, 6) is -0.525. The first-order chi connectivity index (χ1) is 23.6. The third-order valence-electron chi connectivity index (χ3n) is 7.76. The molecule has 0 unspecified atom stereocenters. The van der Waals surface area contributed by atoms with Crippen molar-refractivity contribution in [2.45, 2.75) is 46.4 Å². The Labute approximate surface area is 279 Å². The summed E-state index contributed by atoms with van der Waals surface area (Å²) >= 11 is 0. The molecule has 0 bridgehead atoms. The molecule has 3 N–H and O–H groups in total. The van der Waals surface area contributed by atoms with E-state index in [4.69, 9.17) is 14.2 Å². The summed E-state index contributed by atoms with van der Waals surface area (Å²) < 4.78 is 20.0.